The van der Waals surface area contributed by atoms with Crippen LogP contribution < -0.4 is 0 Å². The molecule has 0 aromatic rings. The lowest BCUT2D eigenvalue weighted by molar-refractivity contribution is -0.154. The van der Waals surface area contributed by atoms with E-state index in [0.717, 1.165) is 0 Å². The van der Waals surface area contributed by atoms with Crippen LogP contribution in [0.4, 0.5) is 0 Å². The molecule has 0 heterocycles. The topological polar surface area (TPSA) is 35.5 Å². The second kappa shape index (κ2) is 4.91. The number of carbonyl (C=O) groups is 1. The molecule has 0 aliphatic carbocycles. The highest BCUT2D eigenvalue weighted by Crippen LogP contribution is 2.08. The minimum absolute atomic E-state index is 0.0209. The van der Waals surface area contributed by atoms with Crippen molar-refractivity contribution < 1.29 is 14.3 Å². The van der Waals surface area contributed by atoms with Gasteiger partial charge in [0.1, 0.15) is 0 Å². The van der Waals surface area contributed by atoms with Crippen LogP contribution >= 0.6 is 0 Å². The molecule has 0 unspecified atom stereocenters. The number of hydrogen-bond donors (Lipinski definition) is 0. The molecule has 0 aliphatic rings. The van der Waals surface area contributed by atoms with Crippen LogP contribution in [0.2, 0.25) is 0 Å². The van der Waals surface area contributed by atoms with Gasteiger partial charge >= 0.3 is 5.97 Å². The van der Waals surface area contributed by atoms with Gasteiger partial charge in [0.05, 0.1) is 7.11 Å². The van der Waals surface area contributed by atoms with Crippen LogP contribution in [-0.4, -0.2) is 26.3 Å². The summed E-state index contributed by atoms with van der Waals surface area (Å²) in [5.41, 5.74) is 0. The first-order chi connectivity index (χ1) is 5.17. The Morgan fingerprint density at radius 1 is 1.55 bits per heavy atom. The van der Waals surface area contributed by atoms with Gasteiger partial charge in [0.15, 0.2) is 6.10 Å². The molecule has 0 bridgehead atoms. The van der Waals surface area contributed by atoms with Gasteiger partial charge in [-0.15, -0.1) is 6.58 Å². The van der Waals surface area contributed by atoms with Crippen LogP contribution in [0.25, 0.3) is 0 Å². The van der Waals surface area contributed by atoms with Gasteiger partial charge in [-0.25, -0.2) is 4.79 Å². The van der Waals surface area contributed by atoms with Crippen molar-refractivity contribution in [3.8, 4) is 0 Å². The van der Waals surface area contributed by atoms with Gasteiger partial charge in [-0.1, -0.05) is 13.0 Å². The van der Waals surface area contributed by atoms with Crippen molar-refractivity contribution in [2.45, 2.75) is 13.0 Å². The average molecular weight is 158 g/mol. The molecule has 0 spiro atoms. The van der Waals surface area contributed by atoms with E-state index in [9.17, 15) is 4.79 Å². The first kappa shape index (κ1) is 10.2. The van der Waals surface area contributed by atoms with Crippen molar-refractivity contribution in [3.05, 3.63) is 12.7 Å². The highest BCUT2D eigenvalue weighted by molar-refractivity contribution is 5.75. The third-order valence-electron chi connectivity index (χ3n) is 1.54. The maximum absolute atomic E-state index is 10.9. The highest BCUT2D eigenvalue weighted by atomic mass is 16.6. The van der Waals surface area contributed by atoms with Gasteiger partial charge in [-0.2, -0.15) is 0 Å². The minimum Gasteiger partial charge on any atom is -0.467 e. The van der Waals surface area contributed by atoms with Gasteiger partial charge in [0, 0.05) is 13.0 Å². The van der Waals surface area contributed by atoms with E-state index in [0.29, 0.717) is 0 Å². The van der Waals surface area contributed by atoms with E-state index >= 15 is 0 Å². The predicted octanol–water partition coefficient (Wildman–Crippen LogP) is 0.996. The lowest BCUT2D eigenvalue weighted by Crippen LogP contribution is -2.29. The molecule has 0 fully saturated rings. The molecule has 0 radical (unpaired) electrons. The summed E-state index contributed by atoms with van der Waals surface area (Å²) in [7, 11) is 2.81. The van der Waals surface area contributed by atoms with Crippen molar-refractivity contribution in [1.82, 2.24) is 0 Å². The van der Waals surface area contributed by atoms with Crippen LogP contribution in [-0.2, 0) is 14.3 Å². The van der Waals surface area contributed by atoms with Crippen LogP contribution in [0.15, 0.2) is 12.7 Å². The smallest absolute Gasteiger partial charge is 0.335 e. The molecule has 0 N–H and O–H groups in total. The summed E-state index contributed by atoms with van der Waals surface area (Å²) in [6, 6.07) is 0. The normalized spacial score (nSPS) is 15.2. The van der Waals surface area contributed by atoms with E-state index in [-0.39, 0.29) is 11.9 Å². The van der Waals surface area contributed by atoms with E-state index < -0.39 is 6.10 Å². The van der Waals surface area contributed by atoms with Gasteiger partial charge in [0.2, 0.25) is 0 Å². The summed E-state index contributed by atoms with van der Waals surface area (Å²) < 4.78 is 9.42. The Morgan fingerprint density at radius 2 is 2.09 bits per heavy atom. The van der Waals surface area contributed by atoms with Crippen molar-refractivity contribution in [2.75, 3.05) is 14.2 Å². The molecule has 3 heteroatoms. The number of hydrogen-bond acceptors (Lipinski definition) is 3. The molecule has 0 rings (SSSR count). The Kier molecular flexibility index (Phi) is 4.54. The van der Waals surface area contributed by atoms with E-state index in [1.54, 1.807) is 6.08 Å². The molecule has 3 nitrogen and oxygen atoms in total. The maximum Gasteiger partial charge on any atom is 0.335 e. The minimum atomic E-state index is -0.530. The fourth-order valence-electron chi connectivity index (χ4n) is 0.765. The lowest BCUT2D eigenvalue weighted by atomic mass is 10.1. The second-order valence-electron chi connectivity index (χ2n) is 2.27. The SMILES string of the molecule is C=C[C@H](C)[C@H](OC)C(=O)OC. The Labute approximate surface area is 67.0 Å². The monoisotopic (exact) mass is 158 g/mol. The van der Waals surface area contributed by atoms with Crippen molar-refractivity contribution in [3.63, 3.8) is 0 Å². The standard InChI is InChI=1S/C8H14O3/c1-5-6(2)7(10-3)8(9)11-4/h5-7H,1H2,2-4H3/t6-,7-/m0/s1. The van der Waals surface area contributed by atoms with Gasteiger partial charge < -0.3 is 9.47 Å². The zero-order valence-electron chi connectivity index (χ0n) is 7.16. The molecule has 0 aromatic heterocycles. The van der Waals surface area contributed by atoms with Gasteiger partial charge in [0.25, 0.3) is 0 Å². The summed E-state index contributed by atoms with van der Waals surface area (Å²) in [6.45, 7) is 5.40. The summed E-state index contributed by atoms with van der Waals surface area (Å²) in [5, 5.41) is 0. The van der Waals surface area contributed by atoms with Crippen LogP contribution in [0.5, 0.6) is 0 Å². The van der Waals surface area contributed by atoms with Gasteiger partial charge in [-0.3, -0.25) is 0 Å². The summed E-state index contributed by atoms with van der Waals surface area (Å²) in [6.07, 6.45) is 1.13. The van der Waals surface area contributed by atoms with Crippen LogP contribution in [0, 0.1) is 5.92 Å². The largest absolute Gasteiger partial charge is 0.467 e. The third-order valence-corrected chi connectivity index (χ3v) is 1.54. The first-order valence-electron chi connectivity index (χ1n) is 3.40. The third kappa shape index (κ3) is 2.72. The van der Waals surface area contributed by atoms with Crippen molar-refractivity contribution in [2.24, 2.45) is 5.92 Å². The molecule has 11 heavy (non-hydrogen) atoms. The number of methoxy groups -OCH3 is 2. The van der Waals surface area contributed by atoms with Crippen LogP contribution in [0.3, 0.4) is 0 Å². The Balaban J connectivity index is 4.14. The van der Waals surface area contributed by atoms with E-state index in [2.05, 4.69) is 11.3 Å². The molecule has 2 atom stereocenters. The number of ether oxygens (including phenoxy) is 2. The Hall–Kier alpha value is -0.830. The molecule has 0 aromatic carbocycles. The van der Waals surface area contributed by atoms with E-state index in [4.69, 9.17) is 4.74 Å². The molecular weight excluding hydrogens is 144 g/mol. The van der Waals surface area contributed by atoms with Crippen molar-refractivity contribution in [1.29, 1.82) is 0 Å². The molecule has 64 valence electrons. The summed E-state index contributed by atoms with van der Waals surface area (Å²) >= 11 is 0. The zero-order chi connectivity index (χ0) is 8.85. The summed E-state index contributed by atoms with van der Waals surface area (Å²) in [4.78, 5) is 10.9. The molecular formula is C8H14O3. The number of carbonyl (C=O) groups excluding carboxylic acids is 1. The molecule has 0 saturated carbocycles. The number of esters is 1. The maximum atomic E-state index is 10.9. The number of rotatable bonds is 4. The quantitative estimate of drug-likeness (QED) is 0.452. The lowest BCUT2D eigenvalue weighted by Gasteiger charge is -2.16. The fourth-order valence-corrected chi connectivity index (χ4v) is 0.765. The Bertz CT molecular complexity index is 142. The Morgan fingerprint density at radius 3 is 2.36 bits per heavy atom. The average Bonchev–Trinajstić information content (AvgIpc) is 2.05. The zero-order valence-corrected chi connectivity index (χ0v) is 7.16. The highest BCUT2D eigenvalue weighted by Gasteiger charge is 2.22. The predicted molar refractivity (Wildman–Crippen MR) is 42.2 cm³/mol. The summed E-state index contributed by atoms with van der Waals surface area (Å²) in [5.74, 6) is -0.382. The molecule has 0 aliphatic heterocycles. The molecule has 0 saturated heterocycles. The van der Waals surface area contributed by atoms with E-state index in [1.807, 2.05) is 6.92 Å². The second-order valence-corrected chi connectivity index (χ2v) is 2.27. The molecule has 0 amide bonds. The first-order valence-corrected chi connectivity index (χ1v) is 3.40. The van der Waals surface area contributed by atoms with Crippen molar-refractivity contribution >= 4 is 5.97 Å². The van der Waals surface area contributed by atoms with Gasteiger partial charge in [-0.05, 0) is 0 Å². The van der Waals surface area contributed by atoms with Crippen LogP contribution in [0.1, 0.15) is 6.92 Å². The van der Waals surface area contributed by atoms with E-state index in [1.165, 1.54) is 14.2 Å². The fraction of sp³-hybridized carbons (Fsp3) is 0.625.